The van der Waals surface area contributed by atoms with Crippen molar-refractivity contribution in [3.8, 4) is 0 Å². The molecule has 2 N–H and O–H groups in total. The average Bonchev–Trinajstić information content (AvgIpc) is 2.15. The first-order valence-corrected chi connectivity index (χ1v) is 4.01. The summed E-state index contributed by atoms with van der Waals surface area (Å²) in [6.45, 7) is 1.44. The minimum Gasteiger partial charge on any atom is -0.366 e. The molecule has 1 amide bonds. The number of primary amides is 1. The molecule has 0 radical (unpaired) electrons. The second-order valence-electron chi connectivity index (χ2n) is 2.97. The van der Waals surface area contributed by atoms with Crippen LogP contribution < -0.4 is 5.73 Å². The summed E-state index contributed by atoms with van der Waals surface area (Å²) in [5.41, 5.74) is 4.88. The zero-order valence-corrected chi connectivity index (χ0v) is 7.89. The lowest BCUT2D eigenvalue weighted by Crippen LogP contribution is -2.12. The molecule has 0 aliphatic rings. The van der Waals surface area contributed by atoms with Crippen LogP contribution in [-0.4, -0.2) is 17.1 Å². The van der Waals surface area contributed by atoms with Crippen LogP contribution in [0.1, 0.15) is 26.3 Å². The molecule has 6 heteroatoms. The van der Waals surface area contributed by atoms with E-state index in [4.69, 9.17) is 5.73 Å². The molecular weight excluding hydrogens is 200 g/mol. The Labute approximate surface area is 84.8 Å². The van der Waals surface area contributed by atoms with Gasteiger partial charge in [0.2, 0.25) is 5.91 Å². The minimum absolute atomic E-state index is 0.0835. The number of aldehydes is 1. The van der Waals surface area contributed by atoms with Crippen LogP contribution in [0.15, 0.2) is 12.1 Å². The number of aryl methyl sites for hydroxylation is 1. The van der Waals surface area contributed by atoms with Gasteiger partial charge in [-0.1, -0.05) is 0 Å². The summed E-state index contributed by atoms with van der Waals surface area (Å²) in [6, 6.07) is 2.40. The Morgan fingerprint density at radius 2 is 2.13 bits per heavy atom. The normalized spacial score (nSPS) is 9.67. The predicted octanol–water partition coefficient (Wildman–Crippen LogP) is 0.815. The maximum Gasteiger partial charge on any atom is 0.282 e. The molecule has 0 spiro atoms. The van der Waals surface area contributed by atoms with Crippen LogP contribution in [0.3, 0.4) is 0 Å². The van der Waals surface area contributed by atoms with Crippen molar-refractivity contribution in [3.05, 3.63) is 38.9 Å². The van der Waals surface area contributed by atoms with E-state index in [0.717, 1.165) is 6.07 Å². The van der Waals surface area contributed by atoms with E-state index in [2.05, 4.69) is 0 Å². The molecule has 0 saturated carbocycles. The van der Waals surface area contributed by atoms with Crippen LogP contribution in [0, 0.1) is 17.0 Å². The Balaban J connectivity index is 3.50. The lowest BCUT2D eigenvalue weighted by molar-refractivity contribution is -0.385. The minimum atomic E-state index is -0.726. The van der Waals surface area contributed by atoms with Crippen LogP contribution >= 0.6 is 0 Å². The standard InChI is InChI=1S/C9H8N2O4/c1-5-2-6(9(10)13)3-7(4-12)8(5)11(14)15/h2-4H,1H3,(H2,10,13). The Kier molecular flexibility index (Phi) is 2.80. The molecule has 0 aliphatic carbocycles. The molecule has 0 fully saturated rings. The highest BCUT2D eigenvalue weighted by atomic mass is 16.6. The van der Waals surface area contributed by atoms with Gasteiger partial charge >= 0.3 is 0 Å². The topological polar surface area (TPSA) is 103 Å². The number of nitro benzene ring substituents is 1. The average molecular weight is 208 g/mol. The Morgan fingerprint density at radius 3 is 2.53 bits per heavy atom. The summed E-state index contributed by atoms with van der Waals surface area (Å²) in [5, 5.41) is 10.6. The quantitative estimate of drug-likeness (QED) is 0.451. The summed E-state index contributed by atoms with van der Waals surface area (Å²) in [4.78, 5) is 31.4. The number of benzene rings is 1. The third-order valence-electron chi connectivity index (χ3n) is 1.92. The molecule has 0 heterocycles. The zero-order chi connectivity index (χ0) is 11.6. The van der Waals surface area contributed by atoms with Gasteiger partial charge in [0.05, 0.1) is 10.5 Å². The van der Waals surface area contributed by atoms with E-state index in [-0.39, 0.29) is 22.4 Å². The van der Waals surface area contributed by atoms with Gasteiger partial charge in [-0.2, -0.15) is 0 Å². The van der Waals surface area contributed by atoms with Crippen molar-refractivity contribution < 1.29 is 14.5 Å². The van der Waals surface area contributed by atoms with Gasteiger partial charge in [0.25, 0.3) is 5.69 Å². The van der Waals surface area contributed by atoms with Crippen LogP contribution in [0.25, 0.3) is 0 Å². The molecule has 6 nitrogen and oxygen atoms in total. The summed E-state index contributed by atoms with van der Waals surface area (Å²) < 4.78 is 0. The van der Waals surface area contributed by atoms with Gasteiger partial charge in [0.15, 0.2) is 6.29 Å². The van der Waals surface area contributed by atoms with Crippen LogP contribution in [0.5, 0.6) is 0 Å². The molecule has 1 aromatic carbocycles. The monoisotopic (exact) mass is 208 g/mol. The molecule has 0 saturated heterocycles. The largest absolute Gasteiger partial charge is 0.366 e. The SMILES string of the molecule is Cc1cc(C(N)=O)cc(C=O)c1[N+](=O)[O-]. The highest BCUT2D eigenvalue weighted by Gasteiger charge is 2.19. The van der Waals surface area contributed by atoms with Gasteiger partial charge in [0.1, 0.15) is 0 Å². The van der Waals surface area contributed by atoms with E-state index in [0.29, 0.717) is 6.29 Å². The lowest BCUT2D eigenvalue weighted by atomic mass is 10.0. The van der Waals surface area contributed by atoms with Gasteiger partial charge < -0.3 is 5.73 Å². The summed E-state index contributed by atoms with van der Waals surface area (Å²) in [7, 11) is 0. The van der Waals surface area contributed by atoms with Gasteiger partial charge in [-0.05, 0) is 19.1 Å². The Bertz CT molecular complexity index is 454. The molecule has 0 aliphatic heterocycles. The van der Waals surface area contributed by atoms with Crippen LogP contribution in [0.4, 0.5) is 5.69 Å². The number of nitrogens with zero attached hydrogens (tertiary/aromatic N) is 1. The van der Waals surface area contributed by atoms with Gasteiger partial charge in [0, 0.05) is 11.1 Å². The lowest BCUT2D eigenvalue weighted by Gasteiger charge is -2.02. The van der Waals surface area contributed by atoms with Crippen molar-refractivity contribution in [2.75, 3.05) is 0 Å². The fraction of sp³-hybridized carbons (Fsp3) is 0.111. The molecule has 1 rings (SSSR count). The van der Waals surface area contributed by atoms with Gasteiger partial charge in [-0.3, -0.25) is 19.7 Å². The van der Waals surface area contributed by atoms with Crippen molar-refractivity contribution in [1.82, 2.24) is 0 Å². The van der Waals surface area contributed by atoms with Crippen molar-refractivity contribution in [1.29, 1.82) is 0 Å². The maximum absolute atomic E-state index is 10.8. The fourth-order valence-electron chi connectivity index (χ4n) is 1.29. The Morgan fingerprint density at radius 1 is 1.53 bits per heavy atom. The molecule has 0 aromatic heterocycles. The smallest absolute Gasteiger partial charge is 0.282 e. The first-order valence-electron chi connectivity index (χ1n) is 4.01. The number of amides is 1. The van der Waals surface area contributed by atoms with Crippen molar-refractivity contribution in [2.45, 2.75) is 6.92 Å². The van der Waals surface area contributed by atoms with Gasteiger partial charge in [-0.15, -0.1) is 0 Å². The van der Waals surface area contributed by atoms with Crippen molar-refractivity contribution in [2.24, 2.45) is 5.73 Å². The number of carbonyl (C=O) groups excluding carboxylic acids is 2. The van der Waals surface area contributed by atoms with E-state index in [1.165, 1.54) is 13.0 Å². The Hall–Kier alpha value is -2.24. The van der Waals surface area contributed by atoms with E-state index in [9.17, 15) is 19.7 Å². The molecule has 1 aromatic rings. The highest BCUT2D eigenvalue weighted by Crippen LogP contribution is 2.23. The summed E-state index contributed by atoms with van der Waals surface area (Å²) >= 11 is 0. The third kappa shape index (κ3) is 1.98. The molecule has 0 atom stereocenters. The second kappa shape index (κ2) is 3.87. The maximum atomic E-state index is 10.8. The van der Waals surface area contributed by atoms with Crippen molar-refractivity contribution >= 4 is 17.9 Å². The second-order valence-corrected chi connectivity index (χ2v) is 2.97. The zero-order valence-electron chi connectivity index (χ0n) is 7.89. The van der Waals surface area contributed by atoms with E-state index in [1.807, 2.05) is 0 Å². The number of nitrogens with two attached hydrogens (primary N) is 1. The van der Waals surface area contributed by atoms with Crippen molar-refractivity contribution in [3.63, 3.8) is 0 Å². The number of carbonyl (C=O) groups is 2. The first kappa shape index (κ1) is 10.8. The third-order valence-corrected chi connectivity index (χ3v) is 1.92. The number of rotatable bonds is 3. The number of hydrogen-bond donors (Lipinski definition) is 1. The fourth-order valence-corrected chi connectivity index (χ4v) is 1.29. The number of nitro groups is 1. The summed E-state index contributed by atoms with van der Waals surface area (Å²) in [6.07, 6.45) is 0.331. The molecule has 78 valence electrons. The molecular formula is C9H8N2O4. The molecule has 0 unspecified atom stereocenters. The summed E-state index contributed by atoms with van der Waals surface area (Å²) in [5.74, 6) is -0.726. The van der Waals surface area contributed by atoms with Crippen LogP contribution in [-0.2, 0) is 0 Å². The predicted molar refractivity (Wildman–Crippen MR) is 51.7 cm³/mol. The molecule has 15 heavy (non-hydrogen) atoms. The van der Waals surface area contributed by atoms with E-state index < -0.39 is 10.8 Å². The van der Waals surface area contributed by atoms with E-state index >= 15 is 0 Å². The molecule has 0 bridgehead atoms. The van der Waals surface area contributed by atoms with Crippen LogP contribution in [0.2, 0.25) is 0 Å². The highest BCUT2D eigenvalue weighted by molar-refractivity contribution is 5.96. The first-order chi connectivity index (χ1) is 6.97. The van der Waals surface area contributed by atoms with Gasteiger partial charge in [-0.25, -0.2) is 0 Å². The number of hydrogen-bond acceptors (Lipinski definition) is 4. The van der Waals surface area contributed by atoms with E-state index in [1.54, 1.807) is 0 Å².